The molecule has 0 N–H and O–H groups in total. The minimum absolute atomic E-state index is 0.0746. The average Bonchev–Trinajstić information content (AvgIpc) is 3.47. The Labute approximate surface area is 510 Å². The second-order valence-electron chi connectivity index (χ2n) is 24.5. The Morgan fingerprint density at radius 1 is 0.244 bits per heavy atom. The van der Waals surface area contributed by atoms with Gasteiger partial charge >= 0.3 is 17.9 Å². The van der Waals surface area contributed by atoms with E-state index in [1.807, 2.05) is 0 Å². The van der Waals surface area contributed by atoms with Gasteiger partial charge in [0, 0.05) is 19.3 Å². The molecular weight excluding hydrogens is 1010 g/mol. The summed E-state index contributed by atoms with van der Waals surface area (Å²) >= 11 is 0. The second-order valence-corrected chi connectivity index (χ2v) is 24.5. The lowest BCUT2D eigenvalue weighted by atomic mass is 10.0. The lowest BCUT2D eigenvalue weighted by molar-refractivity contribution is -0.167. The number of carbonyl (C=O) groups excluding carboxylic acids is 3. The minimum atomic E-state index is -0.780. The van der Waals surface area contributed by atoms with Gasteiger partial charge in [0.2, 0.25) is 0 Å². The Hall–Kier alpha value is -2.89. The van der Waals surface area contributed by atoms with Crippen LogP contribution < -0.4 is 0 Å². The first-order valence-electron chi connectivity index (χ1n) is 36.3. The van der Waals surface area contributed by atoms with Gasteiger partial charge in [-0.2, -0.15) is 0 Å². The van der Waals surface area contributed by atoms with Crippen molar-refractivity contribution < 1.29 is 28.6 Å². The molecule has 0 aliphatic rings. The summed E-state index contributed by atoms with van der Waals surface area (Å²) in [6, 6.07) is 0. The maximum atomic E-state index is 13.0. The van der Waals surface area contributed by atoms with E-state index in [-0.39, 0.29) is 31.1 Å². The molecule has 0 aromatic rings. The van der Waals surface area contributed by atoms with E-state index in [1.165, 1.54) is 276 Å². The van der Waals surface area contributed by atoms with Gasteiger partial charge in [0.25, 0.3) is 0 Å². The van der Waals surface area contributed by atoms with E-state index in [0.29, 0.717) is 19.3 Å². The van der Waals surface area contributed by atoms with Crippen LogP contribution in [0.25, 0.3) is 0 Å². The summed E-state index contributed by atoms with van der Waals surface area (Å²) in [6.45, 7) is 6.68. The fourth-order valence-corrected chi connectivity index (χ4v) is 10.7. The lowest BCUT2D eigenvalue weighted by Gasteiger charge is -2.18. The van der Waals surface area contributed by atoms with Crippen molar-refractivity contribution in [3.05, 3.63) is 60.8 Å². The predicted octanol–water partition coefficient (Wildman–Crippen LogP) is 25.1. The van der Waals surface area contributed by atoms with Gasteiger partial charge in [-0.15, -0.1) is 0 Å². The molecule has 0 aliphatic carbocycles. The average molecular weight is 1150 g/mol. The van der Waals surface area contributed by atoms with Gasteiger partial charge < -0.3 is 14.2 Å². The Bertz CT molecular complexity index is 1460. The van der Waals surface area contributed by atoms with E-state index in [9.17, 15) is 14.4 Å². The molecule has 0 spiro atoms. The summed E-state index contributed by atoms with van der Waals surface area (Å²) in [5.74, 6) is -0.858. The first-order valence-corrected chi connectivity index (χ1v) is 36.3. The van der Waals surface area contributed by atoms with Crippen LogP contribution in [0.15, 0.2) is 60.8 Å². The Morgan fingerprint density at radius 2 is 0.439 bits per heavy atom. The van der Waals surface area contributed by atoms with Crippen molar-refractivity contribution in [2.45, 2.75) is 393 Å². The highest BCUT2D eigenvalue weighted by Gasteiger charge is 2.19. The molecule has 0 aromatic carbocycles. The Morgan fingerprint density at radius 3 is 0.683 bits per heavy atom. The van der Waals surface area contributed by atoms with Crippen molar-refractivity contribution in [3.8, 4) is 0 Å². The first kappa shape index (κ1) is 79.1. The number of allylic oxidation sites excluding steroid dienone is 10. The third-order valence-corrected chi connectivity index (χ3v) is 16.2. The number of rotatable bonds is 67. The Balaban J connectivity index is 4.34. The van der Waals surface area contributed by atoms with Gasteiger partial charge in [-0.25, -0.2) is 0 Å². The topological polar surface area (TPSA) is 78.9 Å². The fourth-order valence-electron chi connectivity index (χ4n) is 10.7. The zero-order chi connectivity index (χ0) is 59.2. The van der Waals surface area contributed by atoms with Crippen molar-refractivity contribution in [1.29, 1.82) is 0 Å². The number of ether oxygens (including phenoxy) is 3. The van der Waals surface area contributed by atoms with Crippen LogP contribution in [0.5, 0.6) is 0 Å². The second kappa shape index (κ2) is 70.6. The number of esters is 3. The summed E-state index contributed by atoms with van der Waals surface area (Å²) in [5.41, 5.74) is 0. The van der Waals surface area contributed by atoms with Gasteiger partial charge in [-0.05, 0) is 109 Å². The lowest BCUT2D eigenvalue weighted by Crippen LogP contribution is -2.30. The molecule has 6 nitrogen and oxygen atoms in total. The first-order chi connectivity index (χ1) is 40.5. The SMILES string of the molecule is CCCCCCC/C=C\C/C=C\CCCCCCCCCCCCCC(=O)OCC(COC(=O)CCCCCCCCC/C=C\CCCCCCCCC)OC(=O)CCCCCCCCCCCCC/C=C\C/C=C\CCCCCCC. The summed E-state index contributed by atoms with van der Waals surface area (Å²) in [7, 11) is 0. The Kier molecular flexibility index (Phi) is 68.1. The van der Waals surface area contributed by atoms with Crippen LogP contribution in [0.2, 0.25) is 0 Å². The number of carbonyl (C=O) groups is 3. The molecule has 0 saturated carbocycles. The van der Waals surface area contributed by atoms with Crippen molar-refractivity contribution in [1.82, 2.24) is 0 Å². The van der Waals surface area contributed by atoms with Gasteiger partial charge in [-0.1, -0.05) is 319 Å². The molecule has 1 unspecified atom stereocenters. The summed E-state index contributed by atoms with van der Waals surface area (Å²) in [4.78, 5) is 38.5. The molecular formula is C76H138O6. The molecule has 0 fully saturated rings. The molecule has 82 heavy (non-hydrogen) atoms. The van der Waals surface area contributed by atoms with E-state index >= 15 is 0 Å². The highest BCUT2D eigenvalue weighted by molar-refractivity contribution is 5.71. The normalized spacial score (nSPS) is 12.4. The molecule has 0 rings (SSSR count). The molecule has 0 heterocycles. The molecule has 0 amide bonds. The largest absolute Gasteiger partial charge is 0.462 e. The smallest absolute Gasteiger partial charge is 0.306 e. The molecule has 0 aromatic heterocycles. The zero-order valence-electron chi connectivity index (χ0n) is 55.0. The highest BCUT2D eigenvalue weighted by atomic mass is 16.6. The van der Waals surface area contributed by atoms with Crippen LogP contribution in [-0.2, 0) is 28.6 Å². The molecule has 1 atom stereocenters. The molecule has 6 heteroatoms. The summed E-state index contributed by atoms with van der Waals surface area (Å²) in [6.07, 6.45) is 91.0. The van der Waals surface area contributed by atoms with Crippen molar-refractivity contribution in [3.63, 3.8) is 0 Å². The van der Waals surface area contributed by atoms with Crippen LogP contribution in [0.3, 0.4) is 0 Å². The van der Waals surface area contributed by atoms with Crippen molar-refractivity contribution >= 4 is 17.9 Å². The quantitative estimate of drug-likeness (QED) is 0.0261. The van der Waals surface area contributed by atoms with Crippen LogP contribution in [-0.4, -0.2) is 37.2 Å². The molecule has 0 radical (unpaired) electrons. The maximum absolute atomic E-state index is 13.0. The van der Waals surface area contributed by atoms with E-state index in [1.54, 1.807) is 0 Å². The van der Waals surface area contributed by atoms with E-state index < -0.39 is 6.10 Å². The van der Waals surface area contributed by atoms with Gasteiger partial charge in [0.05, 0.1) is 0 Å². The van der Waals surface area contributed by atoms with Gasteiger partial charge in [0.1, 0.15) is 13.2 Å². The van der Waals surface area contributed by atoms with Crippen molar-refractivity contribution in [2.75, 3.05) is 13.2 Å². The number of hydrogen-bond donors (Lipinski definition) is 0. The van der Waals surface area contributed by atoms with E-state index in [0.717, 1.165) is 70.6 Å². The zero-order valence-corrected chi connectivity index (χ0v) is 55.0. The number of unbranched alkanes of at least 4 members (excludes halogenated alkanes) is 46. The van der Waals surface area contributed by atoms with Gasteiger partial charge in [-0.3, -0.25) is 14.4 Å². The van der Waals surface area contributed by atoms with E-state index in [2.05, 4.69) is 81.5 Å². The minimum Gasteiger partial charge on any atom is -0.462 e. The standard InChI is InChI=1S/C76H138O6/c1-4-7-10-13-16-19-22-25-28-31-34-36-38-40-42-45-48-51-54-57-60-63-66-69-75(78)81-72-73(71-80-74(77)68-65-62-59-56-53-50-47-44-33-30-27-24-21-18-15-12-9-6-3)82-76(79)70-67-64-61-58-55-52-49-46-43-41-39-37-35-32-29-26-23-20-17-14-11-8-5-2/h22-23,25-26,30-35,73H,4-21,24,27-29,36-72H2,1-3H3/b25-22-,26-23-,33-30-,34-31-,35-32-. The van der Waals surface area contributed by atoms with Crippen LogP contribution in [0.4, 0.5) is 0 Å². The third kappa shape index (κ3) is 67.9. The summed E-state index contributed by atoms with van der Waals surface area (Å²) in [5, 5.41) is 0. The van der Waals surface area contributed by atoms with Crippen molar-refractivity contribution in [2.24, 2.45) is 0 Å². The maximum Gasteiger partial charge on any atom is 0.306 e. The van der Waals surface area contributed by atoms with Crippen LogP contribution in [0, 0.1) is 0 Å². The predicted molar refractivity (Wildman–Crippen MR) is 358 cm³/mol. The monoisotopic (exact) mass is 1150 g/mol. The highest BCUT2D eigenvalue weighted by Crippen LogP contribution is 2.18. The molecule has 0 saturated heterocycles. The van der Waals surface area contributed by atoms with Gasteiger partial charge in [0.15, 0.2) is 6.10 Å². The van der Waals surface area contributed by atoms with E-state index in [4.69, 9.17) is 14.2 Å². The fraction of sp³-hybridized carbons (Fsp3) is 0.829. The van der Waals surface area contributed by atoms with Crippen LogP contribution in [0.1, 0.15) is 387 Å². The number of hydrogen-bond acceptors (Lipinski definition) is 6. The van der Waals surface area contributed by atoms with Crippen LogP contribution >= 0.6 is 0 Å². The summed E-state index contributed by atoms with van der Waals surface area (Å²) < 4.78 is 17.0. The molecule has 0 bridgehead atoms. The molecule has 0 aliphatic heterocycles. The third-order valence-electron chi connectivity index (χ3n) is 16.2. The molecule has 478 valence electrons.